The summed E-state index contributed by atoms with van der Waals surface area (Å²) < 4.78 is 23.9. The molecule has 0 saturated carbocycles. The Balaban J connectivity index is 0.00000820. The summed E-state index contributed by atoms with van der Waals surface area (Å²) in [7, 11) is 1.52. The molecule has 5 aromatic rings. The molecule has 0 fully saturated rings. The number of amides is 4. The molecule has 0 saturated heterocycles. The Labute approximate surface area is 477 Å². The third kappa shape index (κ3) is 21.5. The van der Waals surface area contributed by atoms with Crippen LogP contribution in [0.1, 0.15) is 99.0 Å². The average Bonchev–Trinajstić information content (AvgIpc) is 3.39. The van der Waals surface area contributed by atoms with Gasteiger partial charge in [0.05, 0.1) is 11.5 Å². The highest BCUT2D eigenvalue weighted by molar-refractivity contribution is 7.59. The smallest absolute Gasteiger partial charge is 0.407 e. The van der Waals surface area contributed by atoms with E-state index in [1.54, 1.807) is 20.8 Å². The molecule has 0 spiro atoms. The minimum Gasteiger partial charge on any atom is -0.493 e. The lowest BCUT2D eigenvalue weighted by Crippen LogP contribution is -2.56. The second-order valence-electron chi connectivity index (χ2n) is 20.6. The van der Waals surface area contributed by atoms with Crippen LogP contribution in [0, 0.1) is 22.0 Å². The van der Waals surface area contributed by atoms with E-state index in [0.29, 0.717) is 55.4 Å². The number of nitrogens with one attached hydrogen (secondary N) is 5. The summed E-state index contributed by atoms with van der Waals surface area (Å²) in [5.74, 6) is -1.09. The van der Waals surface area contributed by atoms with Gasteiger partial charge in [-0.15, -0.1) is 0 Å². The first-order valence-electron chi connectivity index (χ1n) is 26.2. The molecule has 5 rings (SSSR count). The van der Waals surface area contributed by atoms with Crippen LogP contribution in [0.2, 0.25) is 0 Å². The van der Waals surface area contributed by atoms with E-state index < -0.39 is 65.0 Å². The van der Waals surface area contributed by atoms with E-state index in [9.17, 15) is 34.1 Å². The molecule has 19 nitrogen and oxygen atoms in total. The number of hydrogen-bond acceptors (Lipinski definition) is 12. The van der Waals surface area contributed by atoms with Crippen molar-refractivity contribution in [2.45, 2.75) is 124 Å². The number of alkyl carbamates (subject to hydrolysis) is 1. The molecular formula is C58H80N8O11S2. The topological polar surface area (TPSA) is 264 Å². The zero-order valence-corrected chi connectivity index (χ0v) is 48.6. The number of fused-ring (bicyclic) bond motifs is 2. The molecule has 0 unspecified atom stereocenters. The number of carbonyl (C=O) groups excluding carboxylic acids is 5. The van der Waals surface area contributed by atoms with Crippen LogP contribution in [0.15, 0.2) is 102 Å². The van der Waals surface area contributed by atoms with E-state index in [4.69, 9.17) is 24.7 Å². The SMILES string of the molecule is CN=C(N)NCCC[C@@H](NC(=O)[C@@H](CCCCNC(=O)OC(C)(C)C)NC(=O)COc1ccc2ccccc2c1-c1c(OCCC(C)C)ccc2ccccc12)C(=O)N[C@@H](CC(C)C)C(=O)OCc1ccc([N+](=O)[O-])cc1.S.S. The van der Waals surface area contributed by atoms with Gasteiger partial charge in [0.25, 0.3) is 11.6 Å². The lowest BCUT2D eigenvalue weighted by molar-refractivity contribution is -0.384. The van der Waals surface area contributed by atoms with Crippen molar-refractivity contribution in [3.8, 4) is 22.6 Å². The normalized spacial score (nSPS) is 12.5. The Bertz CT molecular complexity index is 2840. The minimum absolute atomic E-state index is 0. The van der Waals surface area contributed by atoms with Crippen LogP contribution in [0.3, 0.4) is 0 Å². The number of hydrogen-bond donors (Lipinski definition) is 6. The number of esters is 1. The maximum Gasteiger partial charge on any atom is 0.407 e. The predicted octanol–water partition coefficient (Wildman–Crippen LogP) is 8.85. The summed E-state index contributed by atoms with van der Waals surface area (Å²) in [5.41, 5.74) is 7.10. The molecule has 0 heterocycles. The number of carbonyl (C=O) groups is 5. The van der Waals surface area contributed by atoms with Gasteiger partial charge in [-0.3, -0.25) is 29.5 Å². The number of nitrogens with two attached hydrogens (primary N) is 1. The molecule has 0 aliphatic heterocycles. The Morgan fingerprint density at radius 3 is 1.76 bits per heavy atom. The van der Waals surface area contributed by atoms with Crippen molar-refractivity contribution in [3.63, 3.8) is 0 Å². The highest BCUT2D eigenvalue weighted by Gasteiger charge is 2.31. The number of non-ortho nitro benzene ring substituents is 1. The first-order chi connectivity index (χ1) is 36.7. The van der Waals surface area contributed by atoms with Gasteiger partial charge in [0.1, 0.15) is 41.8 Å². The van der Waals surface area contributed by atoms with Gasteiger partial charge < -0.3 is 51.3 Å². The third-order valence-corrected chi connectivity index (χ3v) is 12.3. The maximum atomic E-state index is 14.5. The second kappa shape index (κ2) is 32.6. The molecule has 0 aliphatic carbocycles. The first-order valence-corrected chi connectivity index (χ1v) is 26.2. The standard InChI is InChI=1S/C58H76N8O11.2H2S/c1-37(2)30-33-74-48-28-24-40-16-9-11-18-43(40)51(48)52-44-19-12-10-17-41(44)25-29-49(52)75-36-50(67)63-45(20-13-14-31-62-57(71)77-58(5,6)7)53(68)64-46(21-15-32-61-56(59)60-8)54(69)65-47(34-38(3)4)55(70)76-35-39-22-26-42(27-23-39)66(72)73;;/h9-12,16-19,22-29,37-38,45-47H,13-15,20-21,30-36H2,1-8H3,(H,62,71)(H,63,67)(H,64,68)(H,65,69)(H3,59,60,61);2*1H2/t45-,46-,47+;;/m1../s1. The fourth-order valence-corrected chi connectivity index (χ4v) is 8.36. The fraction of sp³-hybridized carbons (Fsp3) is 0.448. The monoisotopic (exact) mass is 1130 g/mol. The molecule has 79 heavy (non-hydrogen) atoms. The van der Waals surface area contributed by atoms with E-state index >= 15 is 0 Å². The van der Waals surface area contributed by atoms with E-state index in [1.165, 1.54) is 31.3 Å². The fourth-order valence-electron chi connectivity index (χ4n) is 8.36. The maximum absolute atomic E-state index is 14.5. The zero-order chi connectivity index (χ0) is 56.1. The summed E-state index contributed by atoms with van der Waals surface area (Å²) in [4.78, 5) is 83.6. The Kier molecular flexibility index (Phi) is 27.2. The van der Waals surface area contributed by atoms with Gasteiger partial charge in [0, 0.05) is 43.4 Å². The van der Waals surface area contributed by atoms with Crippen LogP contribution in [-0.2, 0) is 35.3 Å². The van der Waals surface area contributed by atoms with Crippen molar-refractivity contribution >= 4 is 90.0 Å². The molecule has 0 bridgehead atoms. The largest absolute Gasteiger partial charge is 0.493 e. The zero-order valence-electron chi connectivity index (χ0n) is 46.6. The molecule has 0 aromatic heterocycles. The first kappa shape index (κ1) is 66.0. The van der Waals surface area contributed by atoms with Gasteiger partial charge in [-0.25, -0.2) is 9.59 Å². The highest BCUT2D eigenvalue weighted by Crippen LogP contribution is 2.45. The van der Waals surface area contributed by atoms with E-state index in [-0.39, 0.29) is 77.0 Å². The molecule has 5 aromatic carbocycles. The number of nitro groups is 1. The van der Waals surface area contributed by atoms with Gasteiger partial charge in [-0.1, -0.05) is 88.4 Å². The number of benzene rings is 5. The number of nitrogens with zero attached hydrogens (tertiary/aromatic N) is 2. The lowest BCUT2D eigenvalue weighted by Gasteiger charge is -2.26. The Morgan fingerprint density at radius 1 is 0.658 bits per heavy atom. The number of nitro benzene ring substituents is 1. The second-order valence-corrected chi connectivity index (χ2v) is 20.6. The lowest BCUT2D eigenvalue weighted by atomic mass is 9.92. The van der Waals surface area contributed by atoms with Crippen molar-refractivity contribution < 1.29 is 47.8 Å². The number of guanidine groups is 1. The van der Waals surface area contributed by atoms with Crippen LogP contribution in [-0.4, -0.2) is 97.7 Å². The summed E-state index contributed by atoms with van der Waals surface area (Å²) in [6, 6.07) is 25.7. The molecule has 0 radical (unpaired) electrons. The highest BCUT2D eigenvalue weighted by atomic mass is 32.1. The molecule has 21 heteroatoms. The molecule has 0 aliphatic rings. The van der Waals surface area contributed by atoms with Gasteiger partial charge in [-0.2, -0.15) is 27.0 Å². The van der Waals surface area contributed by atoms with Gasteiger partial charge in [0.2, 0.25) is 11.8 Å². The quantitative estimate of drug-likeness (QED) is 0.00684. The van der Waals surface area contributed by atoms with Crippen molar-refractivity contribution in [1.82, 2.24) is 26.6 Å². The number of rotatable bonds is 28. The minimum atomic E-state index is -1.21. The molecule has 430 valence electrons. The van der Waals surface area contributed by atoms with Crippen LogP contribution in [0.4, 0.5) is 10.5 Å². The summed E-state index contributed by atoms with van der Waals surface area (Å²) >= 11 is 0. The summed E-state index contributed by atoms with van der Waals surface area (Å²) in [5, 5.41) is 29.1. The van der Waals surface area contributed by atoms with Crippen LogP contribution < -0.4 is 41.8 Å². The van der Waals surface area contributed by atoms with Crippen LogP contribution in [0.25, 0.3) is 32.7 Å². The van der Waals surface area contributed by atoms with Crippen LogP contribution >= 0.6 is 27.0 Å². The molecular weight excluding hydrogens is 1050 g/mol. The van der Waals surface area contributed by atoms with Gasteiger partial charge in [-0.05, 0) is 129 Å². The van der Waals surface area contributed by atoms with Crippen molar-refractivity contribution in [2.75, 3.05) is 33.4 Å². The van der Waals surface area contributed by atoms with Crippen LogP contribution in [0.5, 0.6) is 11.5 Å². The summed E-state index contributed by atoms with van der Waals surface area (Å²) in [6.07, 6.45) is 1.72. The Morgan fingerprint density at radius 2 is 1.20 bits per heavy atom. The molecule has 7 N–H and O–H groups in total. The number of unbranched alkanes of at least 4 members (excludes halogenated alkanes) is 1. The average molecular weight is 1130 g/mol. The van der Waals surface area contributed by atoms with E-state index in [1.807, 2.05) is 86.6 Å². The third-order valence-electron chi connectivity index (χ3n) is 12.3. The van der Waals surface area contributed by atoms with Crippen molar-refractivity contribution in [2.24, 2.45) is 22.6 Å². The number of ether oxygens (including phenoxy) is 4. The summed E-state index contributed by atoms with van der Waals surface area (Å²) in [6.45, 7) is 13.6. The number of aliphatic imine (C=N–C) groups is 1. The van der Waals surface area contributed by atoms with Crippen molar-refractivity contribution in [1.29, 1.82) is 0 Å². The van der Waals surface area contributed by atoms with Gasteiger partial charge in [0.15, 0.2) is 12.6 Å². The Hall–Kier alpha value is -7.26. The molecule has 3 atom stereocenters. The van der Waals surface area contributed by atoms with E-state index in [0.717, 1.165) is 39.1 Å². The predicted molar refractivity (Wildman–Crippen MR) is 319 cm³/mol. The van der Waals surface area contributed by atoms with Gasteiger partial charge >= 0.3 is 12.1 Å². The van der Waals surface area contributed by atoms with Crippen molar-refractivity contribution in [3.05, 3.63) is 113 Å². The molecule has 4 amide bonds. The van der Waals surface area contributed by atoms with E-state index in [2.05, 4.69) is 45.4 Å².